The fourth-order valence-electron chi connectivity index (χ4n) is 17.2. The number of pyridine rings is 4. The first-order valence-corrected chi connectivity index (χ1v) is 45.0. The molecule has 6 fully saturated rings. The number of aromatic hydroxyl groups is 3. The second-order valence-electron chi connectivity index (χ2n) is 33.5. The van der Waals surface area contributed by atoms with Gasteiger partial charge >= 0.3 is 0 Å². The van der Waals surface area contributed by atoms with Gasteiger partial charge in [-0.2, -0.15) is 39.9 Å². The number of phenols is 3. The number of anilines is 11. The Balaban J connectivity index is 0.000000121. The summed E-state index contributed by atoms with van der Waals surface area (Å²) in [5.74, 6) is 11.4. The van der Waals surface area contributed by atoms with Crippen LogP contribution in [0.3, 0.4) is 0 Å². The van der Waals surface area contributed by atoms with E-state index in [-0.39, 0.29) is 36.2 Å². The van der Waals surface area contributed by atoms with Crippen molar-refractivity contribution in [2.45, 2.75) is 31.8 Å². The molecular formula is C96H106N32O7. The van der Waals surface area contributed by atoms with Gasteiger partial charge in [0.05, 0.1) is 47.8 Å². The first-order valence-electron chi connectivity index (χ1n) is 45.0. The predicted octanol–water partition coefficient (Wildman–Crippen LogP) is 7.42. The lowest BCUT2D eigenvalue weighted by Crippen LogP contribution is -2.47. The lowest BCUT2D eigenvalue weighted by atomic mass is 9.92. The van der Waals surface area contributed by atoms with E-state index in [1.807, 2.05) is 138 Å². The summed E-state index contributed by atoms with van der Waals surface area (Å²) in [5.41, 5.74) is 19.3. The lowest BCUT2D eigenvalue weighted by molar-refractivity contribution is -0.116. The Kier molecular flexibility index (Phi) is 26.7. The molecule has 0 bridgehead atoms. The van der Waals surface area contributed by atoms with Crippen molar-refractivity contribution < 1.29 is 35.4 Å². The van der Waals surface area contributed by atoms with Crippen molar-refractivity contribution in [2.75, 3.05) is 219 Å². The molecule has 6 aliphatic rings. The van der Waals surface area contributed by atoms with Crippen LogP contribution in [-0.2, 0) is 4.79 Å². The predicted molar refractivity (Wildman–Crippen MR) is 521 cm³/mol. The van der Waals surface area contributed by atoms with Gasteiger partial charge in [0.15, 0.2) is 56.6 Å². The summed E-state index contributed by atoms with van der Waals surface area (Å²) in [6.45, 7) is 25.7. The number of aromatic nitrogens is 19. The number of carbonyl (C=O) groups excluding carboxylic acids is 1. The number of likely N-dealkylation sites (N-methyl/N-ethyl adjacent to an activating group) is 1. The zero-order valence-corrected chi connectivity index (χ0v) is 75.1. The van der Waals surface area contributed by atoms with Crippen molar-refractivity contribution in [2.24, 2.45) is 0 Å². The van der Waals surface area contributed by atoms with E-state index in [1.54, 1.807) is 99.2 Å². The Bertz CT molecular complexity index is 6690. The van der Waals surface area contributed by atoms with Gasteiger partial charge in [0.25, 0.3) is 0 Å². The molecule has 0 radical (unpaired) electrons. The third kappa shape index (κ3) is 20.2. The zero-order valence-electron chi connectivity index (χ0n) is 75.1. The number of piperazine rings is 5. The minimum Gasteiger partial charge on any atom is -0.508 e. The van der Waals surface area contributed by atoms with Crippen molar-refractivity contribution in [1.29, 1.82) is 0 Å². The van der Waals surface area contributed by atoms with E-state index in [0.717, 1.165) is 188 Å². The highest BCUT2D eigenvalue weighted by Crippen LogP contribution is 2.37. The lowest BCUT2D eigenvalue weighted by Gasteiger charge is -2.38. The third-order valence-electron chi connectivity index (χ3n) is 24.8. The standard InChI is InChI=1S/C26H29N9O.C26H30N8O3.C25H27N9O.C19H20N6O2/c1-19-17-34(12-11-31(19)2)24-23-25(35(18-28-23)21-7-9-27-10-8-21)30-26(29-24)33-15-13-32(14-16-33)20-3-5-22(36)6-4-20;1-19(36)8-11-32(16-17-35)24-23-25(34(18-28-23)21-6-9-27-10-7-21)30-26(29-24)33-14-12-31(13-15-33)20-2-4-22(37)5-3-20;1-18-16-33(11-10-27-18)23-22-24(34(17-28-22)20-6-8-26-9-7-20)30-25(29-23)32-14-12-31(13-15-32)19-2-4-21(35)5-3-19;20-16-15-4-10-25(14-2-8-21-9-3-14)17(15)23-18(22-16)24-11-6-19(27,7-12-24)5-1-13-26/h3-10,18,36H,1,11-17H2,2H3;2-7,9-10,18,35,37H,8,11-17H2,1H3;2-9,17,27,35H,1,10-16H2;2-4,8-10,26-27H,6-7,11-13H2,(H2,20,22,23). The van der Waals surface area contributed by atoms with Gasteiger partial charge in [0, 0.05) is 241 Å². The van der Waals surface area contributed by atoms with E-state index < -0.39 is 5.60 Å². The van der Waals surface area contributed by atoms with Crippen LogP contribution < -0.4 is 60.0 Å². The molecular weight excluding hydrogens is 1710 g/mol. The summed E-state index contributed by atoms with van der Waals surface area (Å²) in [7, 11) is 2.08. The first-order chi connectivity index (χ1) is 65.8. The molecule has 9 N–H and O–H groups in total. The van der Waals surface area contributed by atoms with Crippen LogP contribution in [0, 0.1) is 11.8 Å². The molecule has 6 saturated heterocycles. The number of aliphatic hydroxyl groups excluding tert-OH is 2. The number of hydrogen-bond acceptors (Lipinski definition) is 35. The smallest absolute Gasteiger partial charge is 0.229 e. The highest BCUT2D eigenvalue weighted by atomic mass is 16.3. The van der Waals surface area contributed by atoms with Crippen molar-refractivity contribution in [1.82, 2.24) is 103 Å². The van der Waals surface area contributed by atoms with Crippen LogP contribution in [0.1, 0.15) is 26.2 Å². The second kappa shape index (κ2) is 40.3. The molecule has 0 saturated carbocycles. The molecule has 0 spiro atoms. The van der Waals surface area contributed by atoms with Crippen LogP contribution in [0.15, 0.2) is 227 Å². The Labute approximate surface area is 778 Å². The maximum Gasteiger partial charge on any atom is 0.229 e. The van der Waals surface area contributed by atoms with Crippen LogP contribution in [0.2, 0.25) is 0 Å². The molecule has 12 aromatic heterocycles. The van der Waals surface area contributed by atoms with Gasteiger partial charge in [-0.1, -0.05) is 25.0 Å². The number of nitrogen functional groups attached to an aromatic ring is 1. The number of rotatable bonds is 19. The van der Waals surface area contributed by atoms with Crippen LogP contribution in [-0.4, -0.2) is 304 Å². The van der Waals surface area contributed by atoms with E-state index in [2.05, 4.69) is 111 Å². The van der Waals surface area contributed by atoms with Gasteiger partial charge in [-0.05, 0) is 134 Å². The topological polar surface area (TPSA) is 425 Å². The fourth-order valence-corrected chi connectivity index (χ4v) is 17.2. The number of piperidine rings is 1. The second-order valence-corrected chi connectivity index (χ2v) is 33.5. The number of nitrogens with zero attached hydrogens (tertiary/aromatic N) is 30. The number of benzene rings is 3. The molecule has 3 aromatic carbocycles. The molecule has 39 heteroatoms. The average Bonchev–Trinajstić information content (AvgIpc) is 1.67. The number of imidazole rings is 3. The molecule has 18 heterocycles. The third-order valence-corrected chi connectivity index (χ3v) is 24.8. The number of nitrogens with two attached hydrogens (primary N) is 1. The number of aliphatic hydroxyl groups is 3. The van der Waals surface area contributed by atoms with E-state index in [9.17, 15) is 30.3 Å². The van der Waals surface area contributed by atoms with Crippen LogP contribution in [0.4, 0.5) is 64.1 Å². The molecule has 15 aromatic rings. The number of fused-ring (bicyclic) bond motifs is 4. The summed E-state index contributed by atoms with van der Waals surface area (Å²) in [5, 5.41) is 62.0. The molecule has 0 amide bonds. The maximum atomic E-state index is 11.7. The maximum absolute atomic E-state index is 11.7. The minimum absolute atomic E-state index is 0.0705. The van der Waals surface area contributed by atoms with E-state index >= 15 is 0 Å². The van der Waals surface area contributed by atoms with Crippen molar-refractivity contribution in [3.63, 3.8) is 0 Å². The van der Waals surface area contributed by atoms with Gasteiger partial charge in [-0.25, -0.2) is 15.0 Å². The summed E-state index contributed by atoms with van der Waals surface area (Å²) in [6, 6.07) is 39.3. The molecule has 692 valence electrons. The number of hydrogen-bond donors (Lipinski definition) is 8. The highest BCUT2D eigenvalue weighted by molar-refractivity contribution is 5.91. The quantitative estimate of drug-likeness (QED) is 0.0365. The van der Waals surface area contributed by atoms with E-state index in [4.69, 9.17) is 55.7 Å². The van der Waals surface area contributed by atoms with Crippen molar-refractivity contribution in [3.8, 4) is 51.8 Å². The molecule has 6 aliphatic heterocycles. The number of ketones is 1. The Morgan fingerprint density at radius 1 is 0.437 bits per heavy atom. The summed E-state index contributed by atoms with van der Waals surface area (Å²) in [6.07, 6.45) is 22.5. The Morgan fingerprint density at radius 3 is 1.24 bits per heavy atom. The monoisotopic (exact) mass is 1820 g/mol. The van der Waals surface area contributed by atoms with Gasteiger partial charge in [0.1, 0.15) is 60.0 Å². The molecule has 135 heavy (non-hydrogen) atoms. The highest BCUT2D eigenvalue weighted by Gasteiger charge is 2.35. The fraction of sp³-hybridized carbons (Fsp3) is 0.312. The molecule has 0 atom stereocenters. The summed E-state index contributed by atoms with van der Waals surface area (Å²) < 4.78 is 7.85. The van der Waals surface area contributed by atoms with Gasteiger partial charge < -0.3 is 100 Å². The number of Topliss-reactive ketones (excluding diaryl/α,β-unsaturated/α-hetero) is 1. The van der Waals surface area contributed by atoms with Crippen molar-refractivity contribution in [3.05, 3.63) is 227 Å². The van der Waals surface area contributed by atoms with Crippen LogP contribution >= 0.6 is 0 Å². The van der Waals surface area contributed by atoms with Crippen LogP contribution in [0.5, 0.6) is 17.2 Å². The SMILES string of the molecule is C=C1CN(c2nc(N3CCN(c4ccc(O)cc4)CC3)nc3c2ncn3-c2ccncc2)CCN1.C=C1CN(c2nc(N3CCN(c4ccc(O)cc4)CC3)nc3c2ncn3-c2ccncc2)CCN1C.CC(=O)CCN(CCO)c1nc(N2CCN(c3ccc(O)cc3)CC2)nc2c1ncn2-c1ccncc1.Nc1nc(N2CCC(O)(C#CCO)CC2)nc2c1ccn2-c1ccncc1. The van der Waals surface area contributed by atoms with Gasteiger partial charge in [-0.15, -0.1) is 0 Å². The zero-order chi connectivity index (χ0) is 93.1. The average molecular weight is 1820 g/mol. The van der Waals surface area contributed by atoms with Crippen LogP contribution in [0.25, 0.3) is 67.3 Å². The largest absolute Gasteiger partial charge is 0.508 e. The number of carbonyl (C=O) groups is 1. The van der Waals surface area contributed by atoms with Crippen molar-refractivity contribution >= 4 is 114 Å². The number of phenolic OH excluding ortho intramolecular Hbond substituents is 3. The first kappa shape index (κ1) is 89.5. The summed E-state index contributed by atoms with van der Waals surface area (Å²) in [4.78, 5) is 106. The molecule has 21 rings (SSSR count). The molecule has 39 nitrogen and oxygen atoms in total. The molecule has 0 aliphatic carbocycles. The minimum atomic E-state index is -1.08. The van der Waals surface area contributed by atoms with Gasteiger partial charge in [0.2, 0.25) is 23.8 Å². The Morgan fingerprint density at radius 2 is 0.822 bits per heavy atom. The van der Waals surface area contributed by atoms with E-state index in [1.165, 1.54) is 0 Å². The van der Waals surface area contributed by atoms with E-state index in [0.29, 0.717) is 118 Å². The summed E-state index contributed by atoms with van der Waals surface area (Å²) >= 11 is 0. The van der Waals surface area contributed by atoms with Gasteiger partial charge in [-0.3, -0.25) is 38.4 Å². The molecule has 0 unspecified atom stereocenters. The Hall–Kier alpha value is -16.1. The normalized spacial score (nSPS) is 15.8. The number of nitrogens with one attached hydrogen (secondary N) is 1.